The Morgan fingerprint density at radius 3 is 1.29 bits per heavy atom. The van der Waals surface area contributed by atoms with E-state index in [2.05, 4.69) is 49.2 Å². The van der Waals surface area contributed by atoms with Crippen molar-refractivity contribution in [3.63, 3.8) is 0 Å². The van der Waals surface area contributed by atoms with E-state index in [-0.39, 0.29) is 0 Å². The van der Waals surface area contributed by atoms with Gasteiger partial charge in [-0.05, 0) is 63.5 Å². The SMILES string of the molecule is CCCCCc1cc(CCCCC)n(CC(O)Cn2nc(CCCCC)cc2CCCCC)n1. The van der Waals surface area contributed by atoms with Crippen LogP contribution in [-0.2, 0) is 38.8 Å². The lowest BCUT2D eigenvalue weighted by Crippen LogP contribution is -2.25. The van der Waals surface area contributed by atoms with Gasteiger partial charge in [-0.1, -0.05) is 79.1 Å². The van der Waals surface area contributed by atoms with E-state index in [4.69, 9.17) is 10.2 Å². The van der Waals surface area contributed by atoms with Gasteiger partial charge in [-0.25, -0.2) is 0 Å². The lowest BCUT2D eigenvalue weighted by atomic mass is 10.1. The van der Waals surface area contributed by atoms with Crippen molar-refractivity contribution >= 4 is 0 Å². The summed E-state index contributed by atoms with van der Waals surface area (Å²) in [6.07, 6.45) is 18.4. The largest absolute Gasteiger partial charge is 0.389 e. The molecule has 0 aliphatic heterocycles. The third-order valence-electron chi connectivity index (χ3n) is 6.74. The molecule has 0 unspecified atom stereocenters. The summed E-state index contributed by atoms with van der Waals surface area (Å²) < 4.78 is 4.17. The van der Waals surface area contributed by atoms with Gasteiger partial charge in [0.2, 0.25) is 0 Å². The van der Waals surface area contributed by atoms with Gasteiger partial charge in [0.15, 0.2) is 0 Å². The molecule has 0 saturated heterocycles. The first-order valence-corrected chi connectivity index (χ1v) is 14.4. The lowest BCUT2D eigenvalue weighted by Gasteiger charge is -2.15. The van der Waals surface area contributed by atoms with Gasteiger partial charge in [0.05, 0.1) is 30.6 Å². The zero-order valence-corrected chi connectivity index (χ0v) is 22.7. The average molecular weight is 473 g/mol. The first-order valence-electron chi connectivity index (χ1n) is 14.4. The van der Waals surface area contributed by atoms with Crippen LogP contribution < -0.4 is 0 Å². The van der Waals surface area contributed by atoms with Gasteiger partial charge in [-0.3, -0.25) is 9.36 Å². The molecule has 2 aromatic heterocycles. The highest BCUT2D eigenvalue weighted by Gasteiger charge is 2.16. The van der Waals surface area contributed by atoms with Gasteiger partial charge in [0, 0.05) is 11.4 Å². The monoisotopic (exact) mass is 472 g/mol. The normalized spacial score (nSPS) is 11.7. The van der Waals surface area contributed by atoms with Crippen molar-refractivity contribution in [1.82, 2.24) is 19.6 Å². The predicted molar refractivity (Wildman–Crippen MR) is 143 cm³/mol. The number of hydrogen-bond acceptors (Lipinski definition) is 3. The van der Waals surface area contributed by atoms with Crippen LogP contribution >= 0.6 is 0 Å². The van der Waals surface area contributed by atoms with Crippen LogP contribution in [0.25, 0.3) is 0 Å². The molecule has 2 rings (SSSR count). The fourth-order valence-corrected chi connectivity index (χ4v) is 4.67. The number of aromatic nitrogens is 4. The number of aryl methyl sites for hydroxylation is 4. The molecule has 0 fully saturated rings. The first kappa shape index (κ1) is 28.6. The zero-order valence-electron chi connectivity index (χ0n) is 22.7. The molecule has 194 valence electrons. The minimum atomic E-state index is -0.485. The Bertz CT molecular complexity index is 715. The third kappa shape index (κ3) is 10.3. The maximum absolute atomic E-state index is 11.1. The van der Waals surface area contributed by atoms with Crippen molar-refractivity contribution in [3.05, 3.63) is 34.9 Å². The van der Waals surface area contributed by atoms with Crippen LogP contribution in [0.5, 0.6) is 0 Å². The second kappa shape index (κ2) is 16.9. The smallest absolute Gasteiger partial charge is 0.0931 e. The number of rotatable bonds is 20. The van der Waals surface area contributed by atoms with Crippen molar-refractivity contribution < 1.29 is 5.11 Å². The predicted octanol–water partition coefficient (Wildman–Crippen LogP) is 7.07. The molecule has 0 radical (unpaired) electrons. The topological polar surface area (TPSA) is 55.9 Å². The summed E-state index contributed by atoms with van der Waals surface area (Å²) in [6.45, 7) is 10.1. The summed E-state index contributed by atoms with van der Waals surface area (Å²) in [5.41, 5.74) is 4.93. The Morgan fingerprint density at radius 2 is 0.941 bits per heavy atom. The van der Waals surface area contributed by atoms with Gasteiger partial charge in [0.25, 0.3) is 0 Å². The molecular formula is C29H52N4O. The average Bonchev–Trinajstić information content (AvgIpc) is 3.37. The van der Waals surface area contributed by atoms with Crippen LogP contribution in [0.2, 0.25) is 0 Å². The fraction of sp³-hybridized carbons (Fsp3) is 0.793. The van der Waals surface area contributed by atoms with E-state index in [1.54, 1.807) is 0 Å². The summed E-state index contributed by atoms with van der Waals surface area (Å²) >= 11 is 0. The molecule has 0 atom stereocenters. The summed E-state index contributed by atoms with van der Waals surface area (Å²) in [5, 5.41) is 20.9. The van der Waals surface area contributed by atoms with E-state index in [1.807, 2.05) is 0 Å². The Morgan fingerprint density at radius 1 is 0.588 bits per heavy atom. The van der Waals surface area contributed by atoms with Gasteiger partial charge < -0.3 is 5.11 Å². The highest BCUT2D eigenvalue weighted by atomic mass is 16.3. The fourth-order valence-electron chi connectivity index (χ4n) is 4.67. The third-order valence-corrected chi connectivity index (χ3v) is 6.74. The molecule has 0 saturated carbocycles. The minimum Gasteiger partial charge on any atom is -0.389 e. The molecule has 0 amide bonds. The Kier molecular flexibility index (Phi) is 14.2. The van der Waals surface area contributed by atoms with Crippen LogP contribution in [0.15, 0.2) is 12.1 Å². The maximum Gasteiger partial charge on any atom is 0.0931 e. The molecular weight excluding hydrogens is 420 g/mol. The number of hydrogen-bond donors (Lipinski definition) is 1. The summed E-state index contributed by atoms with van der Waals surface area (Å²) in [6, 6.07) is 4.57. The van der Waals surface area contributed by atoms with Crippen LogP contribution in [0.3, 0.4) is 0 Å². The number of nitrogens with zero attached hydrogens (tertiary/aromatic N) is 4. The molecule has 0 aliphatic rings. The molecule has 0 aliphatic carbocycles. The Balaban J connectivity index is 2.07. The van der Waals surface area contributed by atoms with E-state index < -0.39 is 6.10 Å². The second-order valence-electron chi connectivity index (χ2n) is 10.1. The van der Waals surface area contributed by atoms with Gasteiger partial charge >= 0.3 is 0 Å². The highest BCUT2D eigenvalue weighted by molar-refractivity contribution is 5.12. The molecule has 34 heavy (non-hydrogen) atoms. The lowest BCUT2D eigenvalue weighted by molar-refractivity contribution is 0.123. The van der Waals surface area contributed by atoms with Crippen molar-refractivity contribution in [2.75, 3.05) is 0 Å². The molecule has 0 aromatic carbocycles. The molecule has 5 heteroatoms. The summed E-state index contributed by atoms with van der Waals surface area (Å²) in [4.78, 5) is 0. The van der Waals surface area contributed by atoms with E-state index >= 15 is 0 Å². The molecule has 5 nitrogen and oxygen atoms in total. The minimum absolute atomic E-state index is 0.485. The Labute approximate surface area is 209 Å². The number of aliphatic hydroxyl groups excluding tert-OH is 1. The maximum atomic E-state index is 11.1. The van der Waals surface area contributed by atoms with Crippen molar-refractivity contribution in [3.8, 4) is 0 Å². The molecule has 0 spiro atoms. The molecule has 1 N–H and O–H groups in total. The van der Waals surface area contributed by atoms with Gasteiger partial charge in [-0.15, -0.1) is 0 Å². The van der Waals surface area contributed by atoms with E-state index in [1.165, 1.54) is 99.8 Å². The van der Waals surface area contributed by atoms with Crippen molar-refractivity contribution in [1.29, 1.82) is 0 Å². The summed E-state index contributed by atoms with van der Waals surface area (Å²) in [7, 11) is 0. The van der Waals surface area contributed by atoms with E-state index in [0.29, 0.717) is 13.1 Å². The zero-order chi connectivity index (χ0) is 24.6. The number of unbranched alkanes of at least 4 members (excludes halogenated alkanes) is 8. The van der Waals surface area contributed by atoms with Crippen LogP contribution in [-0.4, -0.2) is 30.8 Å². The quantitative estimate of drug-likeness (QED) is 0.210. The van der Waals surface area contributed by atoms with E-state index in [0.717, 1.165) is 25.7 Å². The standard InChI is InChI=1S/C29H52N4O/c1-5-9-13-17-25-21-27(19-15-11-7-3)32(30-25)23-29(34)24-33-28(20-16-12-8-4)22-26(31-33)18-14-10-6-2/h21-22,29,34H,5-20,23-24H2,1-4H3. The van der Waals surface area contributed by atoms with Crippen molar-refractivity contribution in [2.24, 2.45) is 0 Å². The molecule has 2 heterocycles. The van der Waals surface area contributed by atoms with Crippen LogP contribution in [0.4, 0.5) is 0 Å². The van der Waals surface area contributed by atoms with Crippen LogP contribution in [0.1, 0.15) is 128 Å². The summed E-state index contributed by atoms with van der Waals surface area (Å²) in [5.74, 6) is 0. The number of aliphatic hydroxyl groups is 1. The van der Waals surface area contributed by atoms with Crippen molar-refractivity contribution in [2.45, 2.75) is 150 Å². The first-order chi connectivity index (χ1) is 16.6. The van der Waals surface area contributed by atoms with Gasteiger partial charge in [-0.2, -0.15) is 10.2 Å². The molecule has 2 aromatic rings. The van der Waals surface area contributed by atoms with Gasteiger partial charge in [0.1, 0.15) is 0 Å². The molecule has 0 bridgehead atoms. The highest BCUT2D eigenvalue weighted by Crippen LogP contribution is 2.16. The second-order valence-corrected chi connectivity index (χ2v) is 10.1. The van der Waals surface area contributed by atoms with E-state index in [9.17, 15) is 5.11 Å². The Hall–Kier alpha value is -1.62. The van der Waals surface area contributed by atoms with Crippen LogP contribution in [0, 0.1) is 0 Å².